The van der Waals surface area contributed by atoms with Crippen LogP contribution in [0.5, 0.6) is 0 Å². The summed E-state index contributed by atoms with van der Waals surface area (Å²) in [5.74, 6) is 0. The van der Waals surface area contributed by atoms with Gasteiger partial charge >= 0.3 is 0 Å². The van der Waals surface area contributed by atoms with Crippen molar-refractivity contribution in [3.05, 3.63) is 188 Å². The molecule has 270 valence electrons. The molecule has 4 aromatic heterocycles. The Morgan fingerprint density at radius 2 is 0.644 bits per heavy atom. The number of benzene rings is 9. The van der Waals surface area contributed by atoms with Gasteiger partial charge in [0.15, 0.2) is 0 Å². The fourth-order valence-corrected chi connectivity index (χ4v) is 11.6. The zero-order valence-electron chi connectivity index (χ0n) is 31.8. The Morgan fingerprint density at radius 3 is 1.07 bits per heavy atom. The highest BCUT2D eigenvalue weighted by atomic mass is 15.0. The molecular formula is C54H31BN4. The summed E-state index contributed by atoms with van der Waals surface area (Å²) in [4.78, 5) is 0. The Morgan fingerprint density at radius 1 is 0.288 bits per heavy atom. The van der Waals surface area contributed by atoms with Crippen molar-refractivity contribution in [1.82, 2.24) is 18.3 Å². The monoisotopic (exact) mass is 746 g/mol. The van der Waals surface area contributed by atoms with E-state index in [1.54, 1.807) is 0 Å². The second kappa shape index (κ2) is 10.6. The second-order valence-corrected chi connectivity index (χ2v) is 16.4. The van der Waals surface area contributed by atoms with Crippen molar-refractivity contribution in [3.8, 4) is 22.7 Å². The van der Waals surface area contributed by atoms with Gasteiger partial charge in [-0.1, -0.05) is 115 Å². The van der Waals surface area contributed by atoms with Gasteiger partial charge in [-0.25, -0.2) is 0 Å². The molecule has 13 aromatic rings. The van der Waals surface area contributed by atoms with Gasteiger partial charge in [0.25, 0.3) is 6.71 Å². The van der Waals surface area contributed by atoms with Crippen LogP contribution in [0, 0.1) is 0 Å². The highest BCUT2D eigenvalue weighted by molar-refractivity contribution is 7.00. The first-order valence-corrected chi connectivity index (χ1v) is 20.6. The van der Waals surface area contributed by atoms with Crippen LogP contribution in [-0.4, -0.2) is 25.0 Å². The quantitative estimate of drug-likeness (QED) is 0.157. The minimum Gasteiger partial charge on any atom is -0.310 e. The van der Waals surface area contributed by atoms with E-state index in [2.05, 4.69) is 206 Å². The summed E-state index contributed by atoms with van der Waals surface area (Å²) < 4.78 is 10.2. The lowest BCUT2D eigenvalue weighted by atomic mass is 9.34. The normalized spacial score (nSPS) is 13.1. The Labute approximate surface area is 338 Å². The third kappa shape index (κ3) is 3.52. The molecule has 0 amide bonds. The van der Waals surface area contributed by atoms with E-state index in [9.17, 15) is 0 Å². The first-order valence-electron chi connectivity index (χ1n) is 20.6. The van der Waals surface area contributed by atoms with Gasteiger partial charge in [0.05, 0.1) is 44.1 Å². The molecular weight excluding hydrogens is 715 g/mol. The molecule has 59 heavy (non-hydrogen) atoms. The number of nitrogens with zero attached hydrogens (tertiary/aromatic N) is 4. The maximum absolute atomic E-state index is 2.59. The average molecular weight is 747 g/mol. The fraction of sp³-hybridized carbons (Fsp3) is 0. The van der Waals surface area contributed by atoms with Crippen molar-refractivity contribution in [1.29, 1.82) is 0 Å². The maximum Gasteiger partial charge on any atom is 0.252 e. The Balaban J connectivity index is 1.21. The number of hydrogen-bond acceptors (Lipinski definition) is 0. The van der Waals surface area contributed by atoms with Gasteiger partial charge in [0.2, 0.25) is 0 Å². The number of para-hydroxylation sites is 6. The molecule has 5 heteroatoms. The molecule has 0 atom stereocenters. The van der Waals surface area contributed by atoms with Crippen molar-refractivity contribution in [2.24, 2.45) is 0 Å². The summed E-state index contributed by atoms with van der Waals surface area (Å²) in [5.41, 5.74) is 19.0. The topological polar surface area (TPSA) is 19.7 Å². The van der Waals surface area contributed by atoms with Crippen LogP contribution in [0.3, 0.4) is 0 Å². The summed E-state index contributed by atoms with van der Waals surface area (Å²) in [6.07, 6.45) is 0. The predicted octanol–water partition coefficient (Wildman–Crippen LogP) is 11.2. The molecule has 0 fully saturated rings. The lowest BCUT2D eigenvalue weighted by Gasteiger charge is -2.34. The van der Waals surface area contributed by atoms with Crippen LogP contribution < -0.4 is 16.4 Å². The summed E-state index contributed by atoms with van der Waals surface area (Å²) in [6.45, 7) is -0.0157. The largest absolute Gasteiger partial charge is 0.310 e. The summed E-state index contributed by atoms with van der Waals surface area (Å²) in [5, 5.41) is 10.4. The van der Waals surface area contributed by atoms with E-state index >= 15 is 0 Å². The van der Waals surface area contributed by atoms with Gasteiger partial charge in [0.1, 0.15) is 0 Å². The Bertz CT molecular complexity index is 3750. The molecule has 0 bridgehead atoms. The summed E-state index contributed by atoms with van der Waals surface area (Å²) >= 11 is 0. The number of fused-ring (bicyclic) bond motifs is 18. The molecule has 6 heterocycles. The van der Waals surface area contributed by atoms with E-state index < -0.39 is 0 Å². The molecule has 0 saturated heterocycles. The summed E-state index contributed by atoms with van der Waals surface area (Å²) in [6, 6.07) is 70.1. The number of hydrogen-bond donors (Lipinski definition) is 0. The molecule has 4 nitrogen and oxygen atoms in total. The molecule has 0 spiro atoms. The molecule has 2 aliphatic rings. The lowest BCUT2D eigenvalue weighted by Crippen LogP contribution is -2.59. The SMILES string of the molecule is c1ccc(-n2c3ccccc3c3c4c5ccccc5n5c4c(cc32)B2c3c-5cccc3-n3c4ccccc4c4c5c6ccccc6n(-c6ccccc6)c5cc2c43)cc1. The average Bonchev–Trinajstić information content (AvgIpc) is 4.02. The zero-order chi connectivity index (χ0) is 38.1. The fourth-order valence-electron chi connectivity index (χ4n) is 11.6. The van der Waals surface area contributed by atoms with Gasteiger partial charge in [0, 0.05) is 65.8 Å². The first kappa shape index (κ1) is 30.4. The molecule has 15 rings (SSSR count). The van der Waals surface area contributed by atoms with Crippen molar-refractivity contribution in [2.45, 2.75) is 0 Å². The number of aromatic nitrogens is 4. The Kier molecular flexibility index (Phi) is 5.46. The molecule has 0 aliphatic carbocycles. The zero-order valence-corrected chi connectivity index (χ0v) is 31.8. The maximum atomic E-state index is 2.59. The third-order valence-electron chi connectivity index (χ3n) is 13.7. The first-order chi connectivity index (χ1) is 29.3. The molecule has 0 unspecified atom stereocenters. The summed E-state index contributed by atoms with van der Waals surface area (Å²) in [7, 11) is 0. The van der Waals surface area contributed by atoms with Crippen molar-refractivity contribution in [3.63, 3.8) is 0 Å². The van der Waals surface area contributed by atoms with Crippen molar-refractivity contribution >= 4 is 110 Å². The van der Waals surface area contributed by atoms with Gasteiger partial charge in [-0.2, -0.15) is 0 Å². The van der Waals surface area contributed by atoms with E-state index in [1.807, 2.05) is 0 Å². The molecule has 9 aromatic carbocycles. The second-order valence-electron chi connectivity index (χ2n) is 16.4. The lowest BCUT2D eigenvalue weighted by molar-refractivity contribution is 1.14. The Hall–Kier alpha value is -7.76. The van der Waals surface area contributed by atoms with Crippen molar-refractivity contribution in [2.75, 3.05) is 0 Å². The predicted molar refractivity (Wildman–Crippen MR) is 248 cm³/mol. The van der Waals surface area contributed by atoms with E-state index in [1.165, 1.54) is 126 Å². The number of rotatable bonds is 2. The van der Waals surface area contributed by atoms with Crippen LogP contribution in [-0.2, 0) is 0 Å². The molecule has 0 saturated carbocycles. The highest BCUT2D eigenvalue weighted by Crippen LogP contribution is 2.46. The van der Waals surface area contributed by atoms with Crippen LogP contribution in [0.2, 0.25) is 0 Å². The minimum atomic E-state index is -0.0157. The molecule has 0 N–H and O–H groups in total. The van der Waals surface area contributed by atoms with E-state index in [0.29, 0.717) is 0 Å². The molecule has 2 aliphatic heterocycles. The van der Waals surface area contributed by atoms with E-state index in [0.717, 1.165) is 0 Å². The molecule has 0 radical (unpaired) electrons. The van der Waals surface area contributed by atoms with Crippen molar-refractivity contribution < 1.29 is 0 Å². The standard InChI is InChI=1S/C54H31BN4/c1-3-16-32(17-4-1)56-40-24-11-7-20-34(40)48-46(56)30-38-53-50(48)36-22-9-13-26-42(36)58(53)44-28-15-29-45-52(44)55(38)39-31-47-49(51-37-23-10-14-27-43(37)59(45)54(39)51)35-21-8-12-25-41(35)57(47)33-18-5-2-6-19-33/h1-31H. The van der Waals surface area contributed by atoms with Gasteiger partial charge in [-0.3, -0.25) is 0 Å². The van der Waals surface area contributed by atoms with Gasteiger partial charge < -0.3 is 18.3 Å². The third-order valence-corrected chi connectivity index (χ3v) is 13.7. The minimum absolute atomic E-state index is 0.0157. The van der Waals surface area contributed by atoms with E-state index in [4.69, 9.17) is 0 Å². The smallest absolute Gasteiger partial charge is 0.252 e. The van der Waals surface area contributed by atoms with Crippen LogP contribution in [0.15, 0.2) is 188 Å². The van der Waals surface area contributed by atoms with Crippen LogP contribution in [0.4, 0.5) is 0 Å². The van der Waals surface area contributed by atoms with Crippen LogP contribution in [0.1, 0.15) is 0 Å². The van der Waals surface area contributed by atoms with E-state index in [-0.39, 0.29) is 6.71 Å². The van der Waals surface area contributed by atoms with Gasteiger partial charge in [-0.05, 0) is 89.2 Å². The van der Waals surface area contributed by atoms with Crippen LogP contribution in [0.25, 0.3) is 110 Å². The highest BCUT2D eigenvalue weighted by Gasteiger charge is 2.42. The van der Waals surface area contributed by atoms with Crippen LogP contribution >= 0.6 is 0 Å². The van der Waals surface area contributed by atoms with Gasteiger partial charge in [-0.15, -0.1) is 0 Å².